The number of phenolic OH excluding ortho intramolecular Hbond substituents is 1. The summed E-state index contributed by atoms with van der Waals surface area (Å²) in [6, 6.07) is 5.75. The van der Waals surface area contributed by atoms with Crippen molar-refractivity contribution in [2.75, 3.05) is 0 Å². The molecule has 0 unspecified atom stereocenters. The lowest BCUT2D eigenvalue weighted by Crippen LogP contribution is -1.99. The summed E-state index contributed by atoms with van der Waals surface area (Å²) in [5.74, 6) is 0.372. The van der Waals surface area contributed by atoms with E-state index in [0.717, 1.165) is 18.4 Å². The van der Waals surface area contributed by atoms with E-state index >= 15 is 0 Å². The number of para-hydroxylation sites is 1. The molecule has 2 N–H and O–H groups in total. The fourth-order valence-corrected chi connectivity index (χ4v) is 2.41. The lowest BCUT2D eigenvalue weighted by Gasteiger charge is -2.10. The second-order valence-electron chi connectivity index (χ2n) is 3.99. The summed E-state index contributed by atoms with van der Waals surface area (Å²) in [5.41, 5.74) is 3.66. The first kappa shape index (κ1) is 7.92. The molecular weight excluding hydrogens is 174 g/mol. The summed E-state index contributed by atoms with van der Waals surface area (Å²) in [5, 5.41) is 10.9. The first-order chi connectivity index (χ1) is 6.86. The minimum absolute atomic E-state index is 0.372. The molecular formula is C12H13NO. The number of aromatic amines is 1. The van der Waals surface area contributed by atoms with Crippen LogP contribution in [0.4, 0.5) is 0 Å². The Bertz CT molecular complexity index is 484. The Morgan fingerprint density at radius 3 is 2.93 bits per heavy atom. The van der Waals surface area contributed by atoms with Gasteiger partial charge in [-0.2, -0.15) is 0 Å². The molecule has 2 nitrogen and oxygen atoms in total. The van der Waals surface area contributed by atoms with Crippen LogP contribution in [0, 0.1) is 0 Å². The van der Waals surface area contributed by atoms with Crippen molar-refractivity contribution in [2.24, 2.45) is 0 Å². The van der Waals surface area contributed by atoms with Crippen molar-refractivity contribution in [2.45, 2.75) is 25.7 Å². The van der Waals surface area contributed by atoms with Crippen molar-refractivity contribution in [3.8, 4) is 5.75 Å². The molecule has 0 bridgehead atoms. The van der Waals surface area contributed by atoms with Gasteiger partial charge >= 0.3 is 0 Å². The summed E-state index contributed by atoms with van der Waals surface area (Å²) in [7, 11) is 0. The third-order valence-corrected chi connectivity index (χ3v) is 3.11. The molecule has 3 rings (SSSR count). The van der Waals surface area contributed by atoms with Gasteiger partial charge in [0.15, 0.2) is 0 Å². The fourth-order valence-electron chi connectivity index (χ4n) is 2.41. The third kappa shape index (κ3) is 0.969. The number of benzene rings is 1. The number of phenols is 1. The summed E-state index contributed by atoms with van der Waals surface area (Å²) in [4.78, 5) is 3.33. The second-order valence-corrected chi connectivity index (χ2v) is 3.99. The van der Waals surface area contributed by atoms with E-state index < -0.39 is 0 Å². The molecule has 1 aliphatic carbocycles. The maximum Gasteiger partial charge on any atom is 0.139 e. The predicted octanol–water partition coefficient (Wildman–Crippen LogP) is 2.75. The van der Waals surface area contributed by atoms with Crippen LogP contribution >= 0.6 is 0 Å². The number of aromatic hydroxyl groups is 1. The lowest BCUT2D eigenvalue weighted by atomic mass is 9.96. The highest BCUT2D eigenvalue weighted by Crippen LogP contribution is 2.32. The van der Waals surface area contributed by atoms with E-state index in [2.05, 4.69) is 11.1 Å². The summed E-state index contributed by atoms with van der Waals surface area (Å²) >= 11 is 0. The molecule has 2 aromatic rings. The Morgan fingerprint density at radius 1 is 1.14 bits per heavy atom. The molecule has 0 spiro atoms. The standard InChI is InChI=1S/C12H13NO/c14-11-7-3-5-9-8-4-1-2-6-10(8)13-12(9)11/h3,5,7,13-14H,1-2,4,6H2. The van der Waals surface area contributed by atoms with Crippen molar-refractivity contribution in [1.29, 1.82) is 0 Å². The highest BCUT2D eigenvalue weighted by Gasteiger charge is 2.16. The van der Waals surface area contributed by atoms with Crippen molar-refractivity contribution >= 4 is 10.9 Å². The molecule has 1 aromatic carbocycles. The van der Waals surface area contributed by atoms with Gasteiger partial charge in [0.2, 0.25) is 0 Å². The van der Waals surface area contributed by atoms with Gasteiger partial charge in [-0.25, -0.2) is 0 Å². The van der Waals surface area contributed by atoms with Gasteiger partial charge in [-0.3, -0.25) is 0 Å². The van der Waals surface area contributed by atoms with E-state index in [4.69, 9.17) is 0 Å². The average molecular weight is 187 g/mol. The maximum absolute atomic E-state index is 9.69. The molecule has 1 aromatic heterocycles. The summed E-state index contributed by atoms with van der Waals surface area (Å²) < 4.78 is 0. The molecule has 14 heavy (non-hydrogen) atoms. The number of nitrogens with one attached hydrogen (secondary N) is 1. The number of fused-ring (bicyclic) bond motifs is 3. The topological polar surface area (TPSA) is 36.0 Å². The van der Waals surface area contributed by atoms with Gasteiger partial charge in [0.1, 0.15) is 5.75 Å². The van der Waals surface area contributed by atoms with Gasteiger partial charge in [-0.1, -0.05) is 12.1 Å². The average Bonchev–Trinajstić information content (AvgIpc) is 2.59. The number of rotatable bonds is 0. The van der Waals surface area contributed by atoms with E-state index in [1.165, 1.54) is 29.5 Å². The highest BCUT2D eigenvalue weighted by atomic mass is 16.3. The van der Waals surface area contributed by atoms with Gasteiger partial charge in [-0.05, 0) is 37.3 Å². The number of aromatic nitrogens is 1. The van der Waals surface area contributed by atoms with Crippen molar-refractivity contribution in [3.63, 3.8) is 0 Å². The van der Waals surface area contributed by atoms with Gasteiger partial charge in [0, 0.05) is 11.1 Å². The molecule has 0 fully saturated rings. The molecule has 1 aliphatic rings. The van der Waals surface area contributed by atoms with E-state index in [0.29, 0.717) is 5.75 Å². The van der Waals surface area contributed by atoms with Crippen molar-refractivity contribution < 1.29 is 5.11 Å². The van der Waals surface area contributed by atoms with E-state index in [-0.39, 0.29) is 0 Å². The second kappa shape index (κ2) is 2.77. The highest BCUT2D eigenvalue weighted by molar-refractivity contribution is 5.89. The van der Waals surface area contributed by atoms with Gasteiger partial charge in [-0.15, -0.1) is 0 Å². The van der Waals surface area contributed by atoms with Crippen LogP contribution in [0.3, 0.4) is 0 Å². The Kier molecular flexibility index (Phi) is 1.57. The molecule has 0 saturated carbocycles. The number of H-pyrrole nitrogens is 1. The van der Waals surface area contributed by atoms with E-state index in [9.17, 15) is 5.11 Å². The minimum atomic E-state index is 0.372. The Balaban J connectivity index is 2.36. The Hall–Kier alpha value is -1.44. The summed E-state index contributed by atoms with van der Waals surface area (Å²) in [6.07, 6.45) is 4.82. The predicted molar refractivity (Wildman–Crippen MR) is 56.6 cm³/mol. The van der Waals surface area contributed by atoms with E-state index in [1.54, 1.807) is 6.07 Å². The van der Waals surface area contributed by atoms with Crippen LogP contribution in [-0.2, 0) is 12.8 Å². The number of hydrogen-bond acceptors (Lipinski definition) is 1. The Morgan fingerprint density at radius 2 is 2.00 bits per heavy atom. The normalized spacial score (nSPS) is 15.7. The number of aryl methyl sites for hydroxylation is 2. The molecule has 0 aliphatic heterocycles. The molecule has 0 saturated heterocycles. The molecule has 0 radical (unpaired) electrons. The zero-order valence-electron chi connectivity index (χ0n) is 8.01. The van der Waals surface area contributed by atoms with Crippen LogP contribution in [0.5, 0.6) is 5.75 Å². The fraction of sp³-hybridized carbons (Fsp3) is 0.333. The van der Waals surface area contributed by atoms with Gasteiger partial charge in [0.25, 0.3) is 0 Å². The molecule has 1 heterocycles. The van der Waals surface area contributed by atoms with Crippen LogP contribution in [0.25, 0.3) is 10.9 Å². The van der Waals surface area contributed by atoms with Crippen molar-refractivity contribution in [1.82, 2.24) is 4.98 Å². The third-order valence-electron chi connectivity index (χ3n) is 3.11. The molecule has 0 atom stereocenters. The quantitative estimate of drug-likeness (QED) is 0.653. The largest absolute Gasteiger partial charge is 0.506 e. The first-order valence-corrected chi connectivity index (χ1v) is 5.17. The molecule has 72 valence electrons. The number of hydrogen-bond donors (Lipinski definition) is 2. The van der Waals surface area contributed by atoms with Crippen LogP contribution in [0.1, 0.15) is 24.1 Å². The van der Waals surface area contributed by atoms with Gasteiger partial charge in [0.05, 0.1) is 5.52 Å². The minimum Gasteiger partial charge on any atom is -0.506 e. The molecule has 0 amide bonds. The van der Waals surface area contributed by atoms with E-state index in [1.807, 2.05) is 6.07 Å². The lowest BCUT2D eigenvalue weighted by molar-refractivity contribution is 0.480. The van der Waals surface area contributed by atoms with Crippen LogP contribution in [-0.4, -0.2) is 10.1 Å². The Labute approximate surface area is 82.6 Å². The van der Waals surface area contributed by atoms with Gasteiger partial charge < -0.3 is 10.1 Å². The first-order valence-electron chi connectivity index (χ1n) is 5.17. The van der Waals surface area contributed by atoms with Crippen LogP contribution in [0.15, 0.2) is 18.2 Å². The maximum atomic E-state index is 9.69. The molecule has 2 heteroatoms. The van der Waals surface area contributed by atoms with Crippen LogP contribution < -0.4 is 0 Å². The SMILES string of the molecule is Oc1cccc2c3c([nH]c12)CCCC3. The zero-order chi connectivity index (χ0) is 9.54. The zero-order valence-corrected chi connectivity index (χ0v) is 8.01. The van der Waals surface area contributed by atoms with Crippen molar-refractivity contribution in [3.05, 3.63) is 29.5 Å². The van der Waals surface area contributed by atoms with Crippen LogP contribution in [0.2, 0.25) is 0 Å². The monoisotopic (exact) mass is 187 g/mol. The smallest absolute Gasteiger partial charge is 0.139 e. The summed E-state index contributed by atoms with van der Waals surface area (Å²) in [6.45, 7) is 0.